The van der Waals surface area contributed by atoms with Crippen LogP contribution in [0.25, 0.3) is 0 Å². The Kier molecular flexibility index (Phi) is 3.92. The lowest BCUT2D eigenvalue weighted by molar-refractivity contribution is 0.660. The number of anilines is 1. The van der Waals surface area contributed by atoms with E-state index in [1.54, 1.807) is 12.3 Å². The van der Waals surface area contributed by atoms with Gasteiger partial charge in [-0.05, 0) is 24.6 Å². The third-order valence-electron chi connectivity index (χ3n) is 2.44. The van der Waals surface area contributed by atoms with Crippen molar-refractivity contribution in [3.05, 3.63) is 46.2 Å². The zero-order valence-electron chi connectivity index (χ0n) is 9.45. The number of nitrogens with one attached hydrogen (secondary N) is 1. The molecule has 0 amide bonds. The first-order valence-corrected chi connectivity index (χ1v) is 6.15. The molecule has 0 aliphatic rings. The van der Waals surface area contributed by atoms with Gasteiger partial charge in [0.15, 0.2) is 0 Å². The number of hydrogen-bond donors (Lipinski definition) is 1. The summed E-state index contributed by atoms with van der Waals surface area (Å²) in [6.07, 6.45) is 3.78. The van der Waals surface area contributed by atoms with Crippen molar-refractivity contribution in [3.8, 4) is 0 Å². The first-order chi connectivity index (χ1) is 8.19. The highest BCUT2D eigenvalue weighted by molar-refractivity contribution is 6.42. The Hall–Kier alpha value is -1.19. The Labute approximate surface area is 110 Å². The van der Waals surface area contributed by atoms with E-state index in [2.05, 4.69) is 17.3 Å². The summed E-state index contributed by atoms with van der Waals surface area (Å²) in [6, 6.07) is 5.61. The predicted molar refractivity (Wildman–Crippen MR) is 71.7 cm³/mol. The fourth-order valence-corrected chi connectivity index (χ4v) is 1.80. The molecule has 0 aliphatic heterocycles. The lowest BCUT2D eigenvalue weighted by Gasteiger charge is -2.04. The van der Waals surface area contributed by atoms with Gasteiger partial charge in [-0.1, -0.05) is 29.3 Å². The molecule has 0 aliphatic carbocycles. The number of nitrogens with zero attached hydrogens (tertiary/aromatic N) is 2. The maximum Gasteiger partial charge on any atom is 0.0729 e. The molecule has 1 N–H and O–H groups in total. The molecule has 3 nitrogen and oxygen atoms in total. The molecule has 1 aromatic heterocycles. The molecule has 1 aromatic carbocycles. The Balaban J connectivity index is 1.99. The van der Waals surface area contributed by atoms with Gasteiger partial charge in [0.25, 0.3) is 0 Å². The first kappa shape index (κ1) is 12.3. The van der Waals surface area contributed by atoms with E-state index in [-0.39, 0.29) is 0 Å². The summed E-state index contributed by atoms with van der Waals surface area (Å²) in [4.78, 5) is 0. The summed E-state index contributed by atoms with van der Waals surface area (Å²) in [5, 5.41) is 8.62. The van der Waals surface area contributed by atoms with Crippen molar-refractivity contribution in [2.75, 3.05) is 5.32 Å². The van der Waals surface area contributed by atoms with Gasteiger partial charge in [-0.2, -0.15) is 5.10 Å². The summed E-state index contributed by atoms with van der Waals surface area (Å²) < 4.78 is 1.87. The van der Waals surface area contributed by atoms with E-state index in [9.17, 15) is 0 Å². The molecule has 0 radical (unpaired) electrons. The highest BCUT2D eigenvalue weighted by Crippen LogP contribution is 2.22. The third-order valence-corrected chi connectivity index (χ3v) is 3.18. The Morgan fingerprint density at radius 3 is 2.76 bits per heavy atom. The van der Waals surface area contributed by atoms with E-state index in [4.69, 9.17) is 23.2 Å². The maximum absolute atomic E-state index is 5.95. The van der Waals surface area contributed by atoms with Crippen LogP contribution in [0.3, 0.4) is 0 Å². The molecule has 5 heteroatoms. The van der Waals surface area contributed by atoms with Crippen LogP contribution < -0.4 is 5.32 Å². The summed E-state index contributed by atoms with van der Waals surface area (Å²) >= 11 is 11.8. The molecule has 90 valence electrons. The third kappa shape index (κ3) is 3.14. The van der Waals surface area contributed by atoms with Crippen LogP contribution in [0.15, 0.2) is 30.6 Å². The van der Waals surface area contributed by atoms with Crippen LogP contribution in [0.2, 0.25) is 10.0 Å². The van der Waals surface area contributed by atoms with Crippen molar-refractivity contribution in [3.63, 3.8) is 0 Å². The van der Waals surface area contributed by atoms with Gasteiger partial charge in [-0.3, -0.25) is 4.68 Å². The molecule has 1 heterocycles. The van der Waals surface area contributed by atoms with Gasteiger partial charge in [-0.15, -0.1) is 0 Å². The number of rotatable bonds is 4. The van der Waals surface area contributed by atoms with Crippen molar-refractivity contribution in [2.24, 2.45) is 0 Å². The smallest absolute Gasteiger partial charge is 0.0729 e. The highest BCUT2D eigenvalue weighted by Gasteiger charge is 2.00. The summed E-state index contributed by atoms with van der Waals surface area (Å²) in [5.41, 5.74) is 2.08. The van der Waals surface area contributed by atoms with Crippen molar-refractivity contribution < 1.29 is 0 Å². The number of halogens is 2. The maximum atomic E-state index is 5.95. The van der Waals surface area contributed by atoms with Crippen molar-refractivity contribution >= 4 is 28.9 Å². The highest BCUT2D eigenvalue weighted by atomic mass is 35.5. The standard InChI is InChI=1S/C12H13Cl2N3/c1-2-17-8-10(7-16-17)15-6-9-3-4-11(13)12(14)5-9/h3-5,7-8,15H,2,6H2,1H3. The molecule has 0 saturated carbocycles. The second kappa shape index (κ2) is 5.43. The SMILES string of the molecule is CCn1cc(NCc2ccc(Cl)c(Cl)c2)cn1. The van der Waals surface area contributed by atoms with E-state index >= 15 is 0 Å². The van der Waals surface area contributed by atoms with E-state index in [1.807, 2.05) is 23.0 Å². The van der Waals surface area contributed by atoms with Crippen molar-refractivity contribution in [1.29, 1.82) is 0 Å². The van der Waals surface area contributed by atoms with Crippen LogP contribution in [0, 0.1) is 0 Å². The number of hydrogen-bond acceptors (Lipinski definition) is 2. The van der Waals surface area contributed by atoms with Gasteiger partial charge in [0.1, 0.15) is 0 Å². The fraction of sp³-hybridized carbons (Fsp3) is 0.250. The zero-order valence-corrected chi connectivity index (χ0v) is 11.0. The van der Waals surface area contributed by atoms with Gasteiger partial charge in [0, 0.05) is 19.3 Å². The zero-order chi connectivity index (χ0) is 12.3. The average molecular weight is 270 g/mol. The average Bonchev–Trinajstić information content (AvgIpc) is 2.79. The van der Waals surface area contributed by atoms with Gasteiger partial charge in [0.2, 0.25) is 0 Å². The molecule has 0 atom stereocenters. The Bertz CT molecular complexity index is 508. The molecule has 17 heavy (non-hydrogen) atoms. The molecular formula is C12H13Cl2N3. The molecule has 0 spiro atoms. The van der Waals surface area contributed by atoms with E-state index < -0.39 is 0 Å². The molecular weight excluding hydrogens is 257 g/mol. The van der Waals surface area contributed by atoms with Crippen molar-refractivity contribution in [1.82, 2.24) is 9.78 Å². The second-order valence-electron chi connectivity index (χ2n) is 3.69. The molecule has 0 bridgehead atoms. The van der Waals surface area contributed by atoms with Gasteiger partial charge < -0.3 is 5.32 Å². The molecule has 0 fully saturated rings. The van der Waals surface area contributed by atoms with E-state index in [0.29, 0.717) is 16.6 Å². The lowest BCUT2D eigenvalue weighted by Crippen LogP contribution is -1.98. The van der Waals surface area contributed by atoms with Crippen LogP contribution in [0.1, 0.15) is 12.5 Å². The largest absolute Gasteiger partial charge is 0.378 e. The van der Waals surface area contributed by atoms with E-state index in [1.165, 1.54) is 0 Å². The molecule has 2 aromatic rings. The van der Waals surface area contributed by atoms with Crippen LogP contribution >= 0.6 is 23.2 Å². The number of aromatic nitrogens is 2. The van der Waals surface area contributed by atoms with Crippen LogP contribution in [-0.2, 0) is 13.1 Å². The normalized spacial score (nSPS) is 10.5. The van der Waals surface area contributed by atoms with E-state index in [0.717, 1.165) is 17.8 Å². The fourth-order valence-electron chi connectivity index (χ4n) is 1.48. The first-order valence-electron chi connectivity index (χ1n) is 5.39. The molecule has 0 unspecified atom stereocenters. The Morgan fingerprint density at radius 1 is 1.29 bits per heavy atom. The number of benzene rings is 1. The molecule has 2 rings (SSSR count). The van der Waals surface area contributed by atoms with Crippen LogP contribution in [-0.4, -0.2) is 9.78 Å². The summed E-state index contributed by atoms with van der Waals surface area (Å²) in [7, 11) is 0. The minimum atomic E-state index is 0.578. The topological polar surface area (TPSA) is 29.9 Å². The minimum Gasteiger partial charge on any atom is -0.378 e. The number of aryl methyl sites for hydroxylation is 1. The lowest BCUT2D eigenvalue weighted by atomic mass is 10.2. The Morgan fingerprint density at radius 2 is 2.12 bits per heavy atom. The quantitative estimate of drug-likeness (QED) is 0.915. The van der Waals surface area contributed by atoms with Gasteiger partial charge >= 0.3 is 0 Å². The van der Waals surface area contributed by atoms with Gasteiger partial charge in [0.05, 0.1) is 21.9 Å². The van der Waals surface area contributed by atoms with Crippen LogP contribution in [0.5, 0.6) is 0 Å². The van der Waals surface area contributed by atoms with Gasteiger partial charge in [-0.25, -0.2) is 0 Å². The molecule has 0 saturated heterocycles. The minimum absolute atomic E-state index is 0.578. The predicted octanol–water partition coefficient (Wildman–Crippen LogP) is 3.82. The van der Waals surface area contributed by atoms with Crippen molar-refractivity contribution in [2.45, 2.75) is 20.0 Å². The second-order valence-corrected chi connectivity index (χ2v) is 4.50. The summed E-state index contributed by atoms with van der Waals surface area (Å²) in [5.74, 6) is 0. The monoisotopic (exact) mass is 269 g/mol. The van der Waals surface area contributed by atoms with Crippen LogP contribution in [0.4, 0.5) is 5.69 Å². The summed E-state index contributed by atoms with van der Waals surface area (Å²) in [6.45, 7) is 3.62.